The summed E-state index contributed by atoms with van der Waals surface area (Å²) in [5.74, 6) is 1.56. The number of fused-ring (bicyclic) bond motifs is 2. The summed E-state index contributed by atoms with van der Waals surface area (Å²) in [6.45, 7) is 8.01. The van der Waals surface area contributed by atoms with Crippen molar-refractivity contribution in [1.29, 1.82) is 0 Å². The van der Waals surface area contributed by atoms with Crippen molar-refractivity contribution in [3.8, 4) is 11.5 Å². The summed E-state index contributed by atoms with van der Waals surface area (Å²) < 4.78 is 23.1. The topological polar surface area (TPSA) is 74.9 Å². The van der Waals surface area contributed by atoms with Gasteiger partial charge in [0.1, 0.15) is 29.8 Å². The van der Waals surface area contributed by atoms with Crippen molar-refractivity contribution in [2.45, 2.75) is 58.3 Å². The Morgan fingerprint density at radius 2 is 1.73 bits per heavy atom. The number of carbonyl (C=O) groups is 2. The molecule has 1 aliphatic heterocycles. The van der Waals surface area contributed by atoms with Crippen LogP contribution in [-0.4, -0.2) is 57.3 Å². The first-order valence-corrected chi connectivity index (χ1v) is 16.1. The smallest absolute Gasteiger partial charge is 0.410 e. The molecule has 1 unspecified atom stereocenters. The predicted octanol–water partition coefficient (Wildman–Crippen LogP) is 7.67. The van der Waals surface area contributed by atoms with E-state index in [0.29, 0.717) is 37.5 Å². The number of para-hydroxylation sites is 1. The molecule has 0 spiro atoms. The summed E-state index contributed by atoms with van der Waals surface area (Å²) in [7, 11) is 1.95. The number of thiophene rings is 1. The highest BCUT2D eigenvalue weighted by Crippen LogP contribution is 2.29. The van der Waals surface area contributed by atoms with Gasteiger partial charge in [-0.2, -0.15) is 0 Å². The molecule has 0 aliphatic carbocycles. The summed E-state index contributed by atoms with van der Waals surface area (Å²) in [5, 5.41) is 2.99. The van der Waals surface area contributed by atoms with Crippen LogP contribution in [0.5, 0.6) is 11.5 Å². The zero-order valence-corrected chi connectivity index (χ0v) is 26.6. The number of ketones is 1. The Morgan fingerprint density at radius 1 is 0.955 bits per heavy atom. The van der Waals surface area contributed by atoms with E-state index in [1.807, 2.05) is 98.6 Å². The van der Waals surface area contributed by atoms with Crippen LogP contribution in [0.25, 0.3) is 21.1 Å². The number of carbonyl (C=O) groups excluding carboxylic acids is 2. The third-order valence-corrected chi connectivity index (χ3v) is 8.84. The van der Waals surface area contributed by atoms with Gasteiger partial charge in [0, 0.05) is 49.2 Å². The number of amides is 1. The van der Waals surface area contributed by atoms with E-state index < -0.39 is 5.60 Å². The molecule has 1 fully saturated rings. The number of nitrogens with zero attached hydrogens (tertiary/aromatic N) is 3. The number of aryl methyl sites for hydroxylation is 1. The van der Waals surface area contributed by atoms with Crippen molar-refractivity contribution in [3.05, 3.63) is 83.5 Å². The van der Waals surface area contributed by atoms with E-state index in [9.17, 15) is 9.59 Å². The molecule has 1 saturated heterocycles. The van der Waals surface area contributed by atoms with E-state index in [0.717, 1.165) is 51.9 Å². The minimum absolute atomic E-state index is 0.0218. The number of benzene rings is 2. The Bertz CT molecular complexity index is 1780. The molecule has 8 nitrogen and oxygen atoms in total. The van der Waals surface area contributed by atoms with Gasteiger partial charge >= 0.3 is 6.09 Å². The maximum atomic E-state index is 13.7. The lowest BCUT2D eigenvalue weighted by Crippen LogP contribution is -2.37. The molecule has 4 heterocycles. The molecular weight excluding hydrogens is 574 g/mol. The number of hydrogen-bond donors (Lipinski definition) is 0. The molecule has 9 heteroatoms. The fraction of sp³-hybridized carbons (Fsp3) is 0.371. The van der Waals surface area contributed by atoms with Crippen LogP contribution in [0.2, 0.25) is 0 Å². The van der Waals surface area contributed by atoms with Gasteiger partial charge in [-0.3, -0.25) is 4.79 Å². The Balaban J connectivity index is 1.05. The fourth-order valence-corrected chi connectivity index (χ4v) is 6.63. The second-order valence-corrected chi connectivity index (χ2v) is 13.2. The molecule has 6 rings (SSSR count). The summed E-state index contributed by atoms with van der Waals surface area (Å²) in [4.78, 5) is 27.9. The van der Waals surface area contributed by atoms with Gasteiger partial charge in [-0.15, -0.1) is 11.3 Å². The quantitative estimate of drug-likeness (QED) is 0.168. The monoisotopic (exact) mass is 613 g/mol. The highest BCUT2D eigenvalue weighted by molar-refractivity contribution is 7.17. The number of likely N-dealkylation sites (tertiary alicyclic amines) is 1. The van der Waals surface area contributed by atoms with Crippen molar-refractivity contribution < 1.29 is 23.8 Å². The largest absolute Gasteiger partial charge is 0.492 e. The van der Waals surface area contributed by atoms with Crippen LogP contribution >= 0.6 is 11.3 Å². The Morgan fingerprint density at radius 3 is 2.50 bits per heavy atom. The van der Waals surface area contributed by atoms with Crippen LogP contribution in [0.1, 0.15) is 56.1 Å². The molecule has 1 atom stereocenters. The first-order valence-electron chi connectivity index (χ1n) is 15.2. The molecule has 0 saturated carbocycles. The van der Waals surface area contributed by atoms with Gasteiger partial charge < -0.3 is 28.2 Å². The van der Waals surface area contributed by atoms with Crippen molar-refractivity contribution in [1.82, 2.24) is 14.0 Å². The van der Waals surface area contributed by atoms with Crippen LogP contribution in [0.15, 0.2) is 72.2 Å². The second kappa shape index (κ2) is 12.4. The second-order valence-electron chi connectivity index (χ2n) is 12.3. The lowest BCUT2D eigenvalue weighted by molar-refractivity contribution is 0.0252. The summed E-state index contributed by atoms with van der Waals surface area (Å²) >= 11 is 1.65. The molecule has 1 aliphatic rings. The number of rotatable bonds is 8. The van der Waals surface area contributed by atoms with Gasteiger partial charge in [0.2, 0.25) is 5.78 Å². The third kappa shape index (κ3) is 6.48. The molecule has 1 amide bonds. The zero-order valence-electron chi connectivity index (χ0n) is 25.7. The minimum Gasteiger partial charge on any atom is -0.492 e. The maximum absolute atomic E-state index is 13.7. The number of ether oxygens (including phenoxy) is 3. The third-order valence-electron chi connectivity index (χ3n) is 7.98. The molecule has 5 aromatic rings. The maximum Gasteiger partial charge on any atom is 0.410 e. The lowest BCUT2D eigenvalue weighted by Gasteiger charge is -2.26. The average molecular weight is 614 g/mol. The molecule has 0 N–H and O–H groups in total. The highest BCUT2D eigenvalue weighted by atomic mass is 32.1. The minimum atomic E-state index is -0.499. The average Bonchev–Trinajstić information content (AvgIpc) is 3.63. The van der Waals surface area contributed by atoms with Crippen LogP contribution in [-0.2, 0) is 18.3 Å². The number of aromatic nitrogens is 2. The lowest BCUT2D eigenvalue weighted by atomic mass is 10.1. The van der Waals surface area contributed by atoms with E-state index in [-0.39, 0.29) is 18.0 Å². The molecule has 3 aromatic heterocycles. The normalized spacial score (nSPS) is 15.8. The summed E-state index contributed by atoms with van der Waals surface area (Å²) in [6, 6.07) is 19.7. The first kappa shape index (κ1) is 29.8. The van der Waals surface area contributed by atoms with Crippen LogP contribution in [0, 0.1) is 0 Å². The van der Waals surface area contributed by atoms with Gasteiger partial charge in [0.25, 0.3) is 0 Å². The van der Waals surface area contributed by atoms with Gasteiger partial charge in [-0.1, -0.05) is 18.2 Å². The fourth-order valence-electron chi connectivity index (χ4n) is 5.78. The summed E-state index contributed by atoms with van der Waals surface area (Å²) in [6.07, 6.45) is 4.25. The van der Waals surface area contributed by atoms with E-state index in [2.05, 4.69) is 10.6 Å². The van der Waals surface area contributed by atoms with Crippen LogP contribution in [0.3, 0.4) is 0 Å². The van der Waals surface area contributed by atoms with Crippen LogP contribution in [0.4, 0.5) is 4.79 Å². The predicted molar refractivity (Wildman–Crippen MR) is 174 cm³/mol. The molecule has 44 heavy (non-hydrogen) atoms. The van der Waals surface area contributed by atoms with Crippen molar-refractivity contribution in [3.63, 3.8) is 0 Å². The zero-order chi connectivity index (χ0) is 30.8. The van der Waals surface area contributed by atoms with E-state index in [1.54, 1.807) is 16.2 Å². The summed E-state index contributed by atoms with van der Waals surface area (Å²) in [5.41, 5.74) is 2.97. The van der Waals surface area contributed by atoms with Crippen molar-refractivity contribution >= 4 is 44.3 Å². The van der Waals surface area contributed by atoms with E-state index >= 15 is 0 Å². The Labute approximate surface area is 261 Å². The van der Waals surface area contributed by atoms with Crippen molar-refractivity contribution in [2.24, 2.45) is 7.05 Å². The first-order chi connectivity index (χ1) is 21.2. The SMILES string of the molecule is Cn1c(C(=O)c2cn(CCOc3ccc(OC4CCCN(C(=O)OC(C)(C)C)CC4)cc3)c3ccccc23)cc2sccc21. The van der Waals surface area contributed by atoms with Gasteiger partial charge in [0.05, 0.1) is 22.5 Å². The molecule has 0 bridgehead atoms. The number of hydrogen-bond acceptors (Lipinski definition) is 6. The van der Waals surface area contributed by atoms with Gasteiger partial charge in [0.15, 0.2) is 0 Å². The molecular formula is C35H39N3O5S. The molecule has 2 aromatic carbocycles. The van der Waals surface area contributed by atoms with Crippen LogP contribution < -0.4 is 9.47 Å². The highest BCUT2D eigenvalue weighted by Gasteiger charge is 2.26. The van der Waals surface area contributed by atoms with Gasteiger partial charge in [-0.05, 0) is 81.5 Å². The standard InChI is InChI=1S/C35H39N3O5S/c1-35(2,3)43-34(40)37-17-7-8-25(15-18-37)42-26-13-11-24(12-14-26)41-20-19-38-23-28(27-9-5-6-10-29(27)38)33(39)31-22-32-30(36(31)4)16-21-44-32/h5-6,9-14,16,21-23,25H,7-8,15,17-20H2,1-4H3. The van der Waals surface area contributed by atoms with Gasteiger partial charge in [-0.25, -0.2) is 4.79 Å². The Hall–Kier alpha value is -4.24. The van der Waals surface area contributed by atoms with Crippen molar-refractivity contribution in [2.75, 3.05) is 19.7 Å². The van der Waals surface area contributed by atoms with E-state index in [1.165, 1.54) is 0 Å². The molecule has 0 radical (unpaired) electrons. The Kier molecular flexibility index (Phi) is 8.40. The molecule has 230 valence electrons. The van der Waals surface area contributed by atoms with E-state index in [4.69, 9.17) is 14.2 Å².